The number of hydrogen-bond donors (Lipinski definition) is 8. The van der Waals surface area contributed by atoms with Gasteiger partial charge in [0.1, 0.15) is 23.9 Å². The Balaban J connectivity index is 1.33. The first-order chi connectivity index (χ1) is 18.0. The van der Waals surface area contributed by atoms with E-state index in [0.29, 0.717) is 5.39 Å². The van der Waals surface area contributed by atoms with Crippen LogP contribution in [0.4, 0.5) is 0 Å². The summed E-state index contributed by atoms with van der Waals surface area (Å²) < 4.78 is 1.41. The number of carbonyl (C=O) groups is 3. The number of aromatic hydroxyl groups is 1. The Hall–Kier alpha value is -4.43. The average Bonchev–Trinajstić information content (AvgIpc) is 3.47. The molecular weight excluding hydrogens is 496 g/mol. The molecule has 2 aromatic carbocycles. The summed E-state index contributed by atoms with van der Waals surface area (Å²) in [6.45, 7) is -0.276. The van der Waals surface area contributed by atoms with E-state index in [1.165, 1.54) is 10.6 Å². The van der Waals surface area contributed by atoms with Crippen molar-refractivity contribution in [3.05, 3.63) is 42.0 Å². The van der Waals surface area contributed by atoms with Crippen LogP contribution >= 0.6 is 0 Å². The molecule has 38 heavy (non-hydrogen) atoms. The van der Waals surface area contributed by atoms with E-state index in [1.54, 1.807) is 30.3 Å². The molecule has 0 saturated carbocycles. The van der Waals surface area contributed by atoms with Crippen LogP contribution in [0.5, 0.6) is 5.75 Å². The van der Waals surface area contributed by atoms with Crippen molar-refractivity contribution >= 4 is 40.4 Å². The zero-order valence-electron chi connectivity index (χ0n) is 20.1. The highest BCUT2D eigenvalue weighted by molar-refractivity contribution is 6.04. The number of hydrogen-bond acceptors (Lipinski definition) is 11. The van der Waals surface area contributed by atoms with Crippen LogP contribution in [0.2, 0.25) is 0 Å². The first kappa shape index (κ1) is 23.9. The van der Waals surface area contributed by atoms with Crippen LogP contribution in [0.1, 0.15) is 23.2 Å². The molecule has 4 aliphatic heterocycles. The first-order valence-electron chi connectivity index (χ1n) is 12.1. The number of likely N-dealkylation sites (tertiary alicyclic amines) is 1. The Morgan fingerprint density at radius 2 is 1.87 bits per heavy atom. The average molecular weight is 524 g/mol. The van der Waals surface area contributed by atoms with Gasteiger partial charge in [0.05, 0.1) is 18.7 Å². The van der Waals surface area contributed by atoms with Crippen LogP contribution in [0, 0.1) is 0 Å². The third-order valence-electron chi connectivity index (χ3n) is 7.85. The second-order valence-electron chi connectivity index (χ2n) is 9.93. The van der Waals surface area contributed by atoms with E-state index in [4.69, 9.17) is 11.5 Å². The summed E-state index contributed by atoms with van der Waals surface area (Å²) in [6, 6.07) is 6.99. The van der Waals surface area contributed by atoms with E-state index in [-0.39, 0.29) is 61.0 Å². The van der Waals surface area contributed by atoms with E-state index in [0.717, 1.165) is 10.3 Å². The van der Waals surface area contributed by atoms with E-state index in [1.807, 2.05) is 0 Å². The zero-order valence-corrected chi connectivity index (χ0v) is 20.1. The lowest BCUT2D eigenvalue weighted by atomic mass is 9.85. The molecule has 0 radical (unpaired) electrons. The fraction of sp³-hybridized carbons (Fsp3) is 0.375. The van der Waals surface area contributed by atoms with Gasteiger partial charge in [0.25, 0.3) is 5.91 Å². The summed E-state index contributed by atoms with van der Waals surface area (Å²) in [5.41, 5.74) is 10.4. The quantitative estimate of drug-likeness (QED) is 0.114. The number of nitrogens with one attached hydrogen (secondary N) is 3. The Morgan fingerprint density at radius 1 is 1.16 bits per heavy atom. The maximum absolute atomic E-state index is 13.2. The lowest BCUT2D eigenvalue weighted by Crippen LogP contribution is -2.79. The predicted octanol–water partition coefficient (Wildman–Crippen LogP) is -3.23. The largest absolute Gasteiger partial charge is 0.506 e. The number of aliphatic imine (C=N–C) groups is 1. The van der Waals surface area contributed by atoms with E-state index < -0.39 is 35.5 Å². The summed E-state index contributed by atoms with van der Waals surface area (Å²) >= 11 is 0. The van der Waals surface area contributed by atoms with E-state index >= 15 is 0 Å². The molecule has 0 aromatic heterocycles. The summed E-state index contributed by atoms with van der Waals surface area (Å²) in [5.74, 6) is -4.45. The molecule has 1 unspecified atom stereocenters. The zero-order chi connectivity index (χ0) is 27.0. The molecule has 0 bridgehead atoms. The highest BCUT2D eigenvalue weighted by Crippen LogP contribution is 2.42. The Labute approximate surface area is 215 Å². The van der Waals surface area contributed by atoms with Crippen LogP contribution < -0.4 is 27.4 Å². The molecule has 6 rings (SSSR count). The van der Waals surface area contributed by atoms with Crippen molar-refractivity contribution in [2.75, 3.05) is 13.1 Å². The number of benzene rings is 2. The van der Waals surface area contributed by atoms with Gasteiger partial charge >= 0.3 is 5.96 Å². The highest BCUT2D eigenvalue weighted by Gasteiger charge is 2.75. The maximum Gasteiger partial charge on any atom is 0.346 e. The molecular formula is C24H27N8O6+. The number of amides is 3. The van der Waals surface area contributed by atoms with Gasteiger partial charge in [-0.2, -0.15) is 0 Å². The SMILES string of the molecule is NC1=N[C@H]2[C@H](CN3C(=O)CCC3=O)NC(N)=[N+]3CC(NC(=O)c4ccc5ccccc5c4O)C(O)(O)[C@]23N1. The lowest BCUT2D eigenvalue weighted by molar-refractivity contribution is -0.623. The van der Waals surface area contributed by atoms with Crippen molar-refractivity contribution in [3.8, 4) is 5.75 Å². The van der Waals surface area contributed by atoms with Crippen molar-refractivity contribution in [2.45, 2.75) is 42.4 Å². The molecule has 2 fully saturated rings. The molecule has 2 saturated heterocycles. The number of nitrogens with zero attached hydrogens (tertiary/aromatic N) is 3. The summed E-state index contributed by atoms with van der Waals surface area (Å²) in [7, 11) is 0. The molecule has 14 nitrogen and oxygen atoms in total. The predicted molar refractivity (Wildman–Crippen MR) is 133 cm³/mol. The fourth-order valence-electron chi connectivity index (χ4n) is 6.01. The Kier molecular flexibility index (Phi) is 5.06. The van der Waals surface area contributed by atoms with E-state index in [9.17, 15) is 29.7 Å². The number of phenolic OH excluding ortho intramolecular Hbond substituents is 1. The minimum Gasteiger partial charge on any atom is -0.506 e. The van der Waals surface area contributed by atoms with Gasteiger partial charge in [-0.1, -0.05) is 30.3 Å². The van der Waals surface area contributed by atoms with Gasteiger partial charge in [0, 0.05) is 18.2 Å². The molecule has 4 heterocycles. The number of nitrogens with two attached hydrogens (primary N) is 2. The van der Waals surface area contributed by atoms with Crippen LogP contribution in [0.3, 0.4) is 0 Å². The topological polar surface area (TPSA) is 219 Å². The third kappa shape index (κ3) is 3.16. The summed E-state index contributed by atoms with van der Waals surface area (Å²) in [6.07, 6.45) is 0.187. The normalized spacial score (nSPS) is 29.6. The van der Waals surface area contributed by atoms with E-state index in [2.05, 4.69) is 20.9 Å². The smallest absolute Gasteiger partial charge is 0.346 e. The number of fused-ring (bicyclic) bond motifs is 1. The molecule has 1 spiro atoms. The van der Waals surface area contributed by atoms with Crippen LogP contribution in [0.25, 0.3) is 10.8 Å². The molecule has 4 aliphatic rings. The number of phenols is 1. The van der Waals surface area contributed by atoms with Crippen molar-refractivity contribution in [1.82, 2.24) is 20.9 Å². The Bertz CT molecular complexity index is 1460. The maximum atomic E-state index is 13.2. The van der Waals surface area contributed by atoms with Crippen LogP contribution in [-0.2, 0) is 9.59 Å². The molecule has 3 amide bonds. The lowest BCUT2D eigenvalue weighted by Gasteiger charge is -2.44. The fourth-order valence-corrected chi connectivity index (χ4v) is 6.01. The standard InChI is InChI=1S/C24H26N8O6/c25-21-29-19-14(9-31-16(33)7-8-17(31)34)27-22(26)32-10-15(24(37,38)23(19,32)30-21)28-20(36)13-6-5-11-3-1-2-4-12(11)18(13)35/h1-6,14-15,19,37-38H,7-10H2,(H7,25,26,27,28,29,30,35,36)/p+1/t14-,15?,19-,23-/m0/s1. The van der Waals surface area contributed by atoms with Crippen LogP contribution in [0.15, 0.2) is 41.4 Å². The monoisotopic (exact) mass is 523 g/mol. The minimum atomic E-state index is -2.69. The third-order valence-corrected chi connectivity index (χ3v) is 7.85. The molecule has 2 aromatic rings. The van der Waals surface area contributed by atoms with Gasteiger partial charge in [-0.05, 0) is 11.5 Å². The molecule has 4 atom stereocenters. The van der Waals surface area contributed by atoms with Crippen molar-refractivity contribution in [1.29, 1.82) is 0 Å². The number of imide groups is 1. The number of aliphatic hydroxyl groups is 2. The second kappa shape index (κ2) is 8.03. The van der Waals surface area contributed by atoms with Crippen LogP contribution in [-0.4, -0.2) is 97.1 Å². The minimum absolute atomic E-state index is 0.0144. The molecule has 0 aliphatic carbocycles. The van der Waals surface area contributed by atoms with Gasteiger partial charge in [-0.25, -0.2) is 9.57 Å². The number of guanidine groups is 2. The van der Waals surface area contributed by atoms with Crippen molar-refractivity contribution in [3.63, 3.8) is 0 Å². The number of carbonyl (C=O) groups excluding carboxylic acids is 3. The summed E-state index contributed by atoms with van der Waals surface area (Å²) in [4.78, 5) is 43.2. The van der Waals surface area contributed by atoms with Gasteiger partial charge in [0.2, 0.25) is 23.3 Å². The molecule has 198 valence electrons. The van der Waals surface area contributed by atoms with Gasteiger partial charge in [-0.3, -0.25) is 30.3 Å². The van der Waals surface area contributed by atoms with Gasteiger partial charge in [0.15, 0.2) is 5.96 Å². The van der Waals surface area contributed by atoms with Crippen molar-refractivity contribution in [2.24, 2.45) is 16.5 Å². The Morgan fingerprint density at radius 3 is 2.61 bits per heavy atom. The van der Waals surface area contributed by atoms with Gasteiger partial charge in [-0.15, -0.1) is 0 Å². The first-order valence-corrected chi connectivity index (χ1v) is 12.1. The highest BCUT2D eigenvalue weighted by atomic mass is 16.5. The molecule has 10 N–H and O–H groups in total. The molecule has 14 heteroatoms. The van der Waals surface area contributed by atoms with Gasteiger partial charge < -0.3 is 31.7 Å². The number of rotatable bonds is 4. The van der Waals surface area contributed by atoms with Crippen molar-refractivity contribution < 1.29 is 34.3 Å². The summed E-state index contributed by atoms with van der Waals surface area (Å²) in [5, 5.41) is 43.5. The second-order valence-corrected chi connectivity index (χ2v) is 9.93.